The number of ether oxygens (including phenoxy) is 1. The maximum atomic E-state index is 13.1. The van der Waals surface area contributed by atoms with Gasteiger partial charge in [0.2, 0.25) is 0 Å². The van der Waals surface area contributed by atoms with Crippen molar-refractivity contribution in [3.63, 3.8) is 0 Å². The largest absolute Gasteiger partial charge is 0.465 e. The van der Waals surface area contributed by atoms with Gasteiger partial charge in [-0.15, -0.1) is 5.10 Å². The fraction of sp³-hybridized carbons (Fsp3) is 0.111. The number of halogens is 1. The monoisotopic (exact) mass is 354 g/mol. The molecule has 0 bridgehead atoms. The molecule has 0 radical (unpaired) electrons. The number of methoxy groups -OCH3 is 1. The highest BCUT2D eigenvalue weighted by Crippen LogP contribution is 2.16. The Morgan fingerprint density at radius 1 is 1.15 bits per heavy atom. The summed E-state index contributed by atoms with van der Waals surface area (Å²) in [5.74, 6) is -1.34. The second-order valence-corrected chi connectivity index (χ2v) is 5.44. The first-order chi connectivity index (χ1) is 12.5. The summed E-state index contributed by atoms with van der Waals surface area (Å²) in [6.07, 6.45) is 0. The van der Waals surface area contributed by atoms with E-state index in [0.717, 1.165) is 0 Å². The van der Waals surface area contributed by atoms with Crippen molar-refractivity contribution in [2.75, 3.05) is 12.4 Å². The number of esters is 1. The Morgan fingerprint density at radius 2 is 1.88 bits per heavy atom. The lowest BCUT2D eigenvalue weighted by Gasteiger charge is -2.06. The van der Waals surface area contributed by atoms with Gasteiger partial charge >= 0.3 is 5.97 Å². The number of benzene rings is 2. The molecule has 0 fully saturated rings. The predicted octanol–water partition coefficient (Wildman–Crippen LogP) is 2.75. The van der Waals surface area contributed by atoms with Gasteiger partial charge in [0.1, 0.15) is 5.82 Å². The Hall–Kier alpha value is -3.55. The van der Waals surface area contributed by atoms with E-state index in [0.29, 0.717) is 22.6 Å². The van der Waals surface area contributed by atoms with Crippen LogP contribution in [0.15, 0.2) is 48.5 Å². The standard InChI is InChI=1S/C18H15FN4O3/c1-11-16(21-22-23(11)15-8-6-13(19)7-9-15)17(24)20-14-5-3-4-12(10-14)18(25)26-2/h3-10H,1-2H3,(H,20,24). The summed E-state index contributed by atoms with van der Waals surface area (Å²) in [5.41, 5.74) is 1.95. The maximum absolute atomic E-state index is 13.1. The Balaban J connectivity index is 1.83. The number of rotatable bonds is 4. The predicted molar refractivity (Wildman–Crippen MR) is 91.8 cm³/mol. The maximum Gasteiger partial charge on any atom is 0.337 e. The van der Waals surface area contributed by atoms with E-state index >= 15 is 0 Å². The summed E-state index contributed by atoms with van der Waals surface area (Å²) in [7, 11) is 1.28. The Kier molecular flexibility index (Phi) is 4.74. The van der Waals surface area contributed by atoms with Crippen molar-refractivity contribution >= 4 is 17.6 Å². The molecular formula is C18H15FN4O3. The van der Waals surface area contributed by atoms with Gasteiger partial charge in [-0.3, -0.25) is 4.79 Å². The van der Waals surface area contributed by atoms with Gasteiger partial charge in [0.25, 0.3) is 5.91 Å². The molecule has 0 aliphatic heterocycles. The third-order valence-corrected chi connectivity index (χ3v) is 3.72. The molecule has 1 aromatic heterocycles. The molecule has 0 saturated carbocycles. The number of nitrogens with zero attached hydrogens (tertiary/aromatic N) is 3. The van der Waals surface area contributed by atoms with Crippen molar-refractivity contribution < 1.29 is 18.7 Å². The highest BCUT2D eigenvalue weighted by molar-refractivity contribution is 6.04. The van der Waals surface area contributed by atoms with Crippen LogP contribution < -0.4 is 5.32 Å². The first-order valence-electron chi connectivity index (χ1n) is 7.67. The molecule has 3 rings (SSSR count). The molecule has 2 aromatic carbocycles. The number of hydrogen-bond donors (Lipinski definition) is 1. The van der Waals surface area contributed by atoms with Crippen molar-refractivity contribution in [2.45, 2.75) is 6.92 Å². The summed E-state index contributed by atoms with van der Waals surface area (Å²) >= 11 is 0. The molecule has 3 aromatic rings. The smallest absolute Gasteiger partial charge is 0.337 e. The lowest BCUT2D eigenvalue weighted by atomic mass is 10.2. The fourth-order valence-corrected chi connectivity index (χ4v) is 2.40. The van der Waals surface area contributed by atoms with Crippen LogP contribution in [-0.4, -0.2) is 34.0 Å². The van der Waals surface area contributed by atoms with Gasteiger partial charge < -0.3 is 10.1 Å². The van der Waals surface area contributed by atoms with E-state index in [1.54, 1.807) is 37.3 Å². The SMILES string of the molecule is COC(=O)c1cccc(NC(=O)c2nnn(-c3ccc(F)cc3)c2C)c1. The van der Waals surface area contributed by atoms with Crippen molar-refractivity contribution in [3.05, 3.63) is 71.3 Å². The minimum Gasteiger partial charge on any atom is -0.465 e. The average molecular weight is 354 g/mol. The average Bonchev–Trinajstić information content (AvgIpc) is 3.03. The second-order valence-electron chi connectivity index (χ2n) is 5.44. The molecule has 0 saturated heterocycles. The molecule has 0 unspecified atom stereocenters. The summed E-state index contributed by atoms with van der Waals surface area (Å²) in [5, 5.41) is 10.5. The minimum absolute atomic E-state index is 0.123. The van der Waals surface area contributed by atoms with E-state index in [-0.39, 0.29) is 11.5 Å². The number of amides is 1. The van der Waals surface area contributed by atoms with Gasteiger partial charge in [0.15, 0.2) is 5.69 Å². The minimum atomic E-state index is -0.500. The van der Waals surface area contributed by atoms with Crippen LogP contribution in [0.3, 0.4) is 0 Å². The lowest BCUT2D eigenvalue weighted by molar-refractivity contribution is 0.0600. The number of nitrogens with one attached hydrogen (secondary N) is 1. The van der Waals surface area contributed by atoms with E-state index in [1.807, 2.05) is 0 Å². The Bertz CT molecular complexity index is 967. The van der Waals surface area contributed by atoms with Crippen molar-refractivity contribution in [1.82, 2.24) is 15.0 Å². The van der Waals surface area contributed by atoms with E-state index < -0.39 is 11.9 Å². The van der Waals surface area contributed by atoms with Crippen molar-refractivity contribution in [1.29, 1.82) is 0 Å². The van der Waals surface area contributed by atoms with Crippen molar-refractivity contribution in [3.8, 4) is 5.69 Å². The van der Waals surface area contributed by atoms with Crippen LogP contribution in [0.4, 0.5) is 10.1 Å². The third-order valence-electron chi connectivity index (χ3n) is 3.72. The second kappa shape index (κ2) is 7.14. The molecule has 132 valence electrons. The normalized spacial score (nSPS) is 10.4. The van der Waals surface area contributed by atoms with Gasteiger partial charge in [0.05, 0.1) is 24.1 Å². The summed E-state index contributed by atoms with van der Waals surface area (Å²) in [6, 6.07) is 12.0. The molecular weight excluding hydrogens is 339 g/mol. The number of hydrogen-bond acceptors (Lipinski definition) is 5. The van der Waals surface area contributed by atoms with E-state index in [1.165, 1.54) is 30.0 Å². The van der Waals surface area contributed by atoms with Crippen LogP contribution >= 0.6 is 0 Å². The van der Waals surface area contributed by atoms with Crippen LogP contribution in [0.2, 0.25) is 0 Å². The van der Waals surface area contributed by atoms with E-state index in [9.17, 15) is 14.0 Å². The number of anilines is 1. The van der Waals surface area contributed by atoms with Crippen LogP contribution in [-0.2, 0) is 4.74 Å². The number of carbonyl (C=O) groups is 2. The Labute approximate surface area is 148 Å². The summed E-state index contributed by atoms with van der Waals surface area (Å²) < 4.78 is 19.2. The van der Waals surface area contributed by atoms with E-state index in [4.69, 9.17) is 0 Å². The van der Waals surface area contributed by atoms with Gasteiger partial charge in [0, 0.05) is 5.69 Å². The number of aromatic nitrogens is 3. The zero-order valence-electron chi connectivity index (χ0n) is 14.1. The fourth-order valence-electron chi connectivity index (χ4n) is 2.40. The molecule has 1 N–H and O–H groups in total. The molecule has 1 heterocycles. The zero-order valence-corrected chi connectivity index (χ0v) is 14.1. The topological polar surface area (TPSA) is 86.1 Å². The summed E-state index contributed by atoms with van der Waals surface area (Å²) in [6.45, 7) is 1.68. The van der Waals surface area contributed by atoms with Gasteiger partial charge in [-0.05, 0) is 49.4 Å². The molecule has 1 amide bonds. The molecule has 0 aliphatic rings. The van der Waals surface area contributed by atoms with Crippen LogP contribution in [0.1, 0.15) is 26.5 Å². The van der Waals surface area contributed by atoms with Crippen molar-refractivity contribution in [2.24, 2.45) is 0 Å². The third kappa shape index (κ3) is 3.44. The van der Waals surface area contributed by atoms with Crippen LogP contribution in [0, 0.1) is 12.7 Å². The first kappa shape index (κ1) is 17.3. The van der Waals surface area contributed by atoms with Gasteiger partial charge in [-0.25, -0.2) is 13.9 Å². The quantitative estimate of drug-likeness (QED) is 0.728. The highest BCUT2D eigenvalue weighted by atomic mass is 19.1. The first-order valence-corrected chi connectivity index (χ1v) is 7.67. The molecule has 0 spiro atoms. The van der Waals surface area contributed by atoms with Crippen LogP contribution in [0.5, 0.6) is 0 Å². The summed E-state index contributed by atoms with van der Waals surface area (Å²) in [4.78, 5) is 24.1. The van der Waals surface area contributed by atoms with Gasteiger partial charge in [-0.1, -0.05) is 11.3 Å². The highest BCUT2D eigenvalue weighted by Gasteiger charge is 2.18. The molecule has 0 aliphatic carbocycles. The number of carbonyl (C=O) groups excluding carboxylic acids is 2. The molecule has 8 heteroatoms. The Morgan fingerprint density at radius 3 is 2.58 bits per heavy atom. The molecule has 0 atom stereocenters. The zero-order chi connectivity index (χ0) is 18.7. The molecule has 7 nitrogen and oxygen atoms in total. The lowest BCUT2D eigenvalue weighted by Crippen LogP contribution is -2.14. The van der Waals surface area contributed by atoms with E-state index in [2.05, 4.69) is 20.4 Å². The van der Waals surface area contributed by atoms with Gasteiger partial charge in [-0.2, -0.15) is 0 Å². The van der Waals surface area contributed by atoms with Crippen LogP contribution in [0.25, 0.3) is 5.69 Å². The molecule has 26 heavy (non-hydrogen) atoms.